The van der Waals surface area contributed by atoms with Gasteiger partial charge in [-0.25, -0.2) is 4.68 Å². The lowest BCUT2D eigenvalue weighted by Crippen LogP contribution is -2.41. The molecule has 2 N–H and O–H groups in total. The van der Waals surface area contributed by atoms with Gasteiger partial charge in [-0.3, -0.25) is 4.79 Å². The molecule has 0 spiro atoms. The highest BCUT2D eigenvalue weighted by Gasteiger charge is 2.31. The molecule has 21 heavy (non-hydrogen) atoms. The van der Waals surface area contributed by atoms with E-state index in [1.807, 2.05) is 13.8 Å². The predicted molar refractivity (Wildman–Crippen MR) is 73.6 cm³/mol. The zero-order valence-corrected chi connectivity index (χ0v) is 12.4. The molecule has 0 saturated carbocycles. The Balaban J connectivity index is 3.13. The number of aliphatic hydroxyl groups excluding tert-OH is 1. The van der Waals surface area contributed by atoms with Crippen LogP contribution in [0.3, 0.4) is 0 Å². The van der Waals surface area contributed by atoms with Crippen molar-refractivity contribution in [2.45, 2.75) is 44.9 Å². The van der Waals surface area contributed by atoms with Gasteiger partial charge in [0.15, 0.2) is 0 Å². The van der Waals surface area contributed by atoms with Crippen LogP contribution in [0.25, 0.3) is 0 Å². The number of hydrogen-bond donors (Lipinski definition) is 2. The zero-order valence-electron chi connectivity index (χ0n) is 11.7. The summed E-state index contributed by atoms with van der Waals surface area (Å²) in [5, 5.41) is 15.4. The lowest BCUT2D eigenvalue weighted by Gasteiger charge is -2.32. The summed E-state index contributed by atoms with van der Waals surface area (Å²) in [6.07, 6.45) is -2.41. The normalized spacial score (nSPS) is 12.5. The molecule has 0 radical (unpaired) electrons. The van der Waals surface area contributed by atoms with Crippen molar-refractivity contribution in [3.63, 3.8) is 0 Å². The number of aliphatic hydroxyl groups is 1. The molecule has 0 fully saturated rings. The Morgan fingerprint density at radius 2 is 1.95 bits per heavy atom. The Hall–Kier alpha value is -1.28. The third-order valence-corrected chi connectivity index (χ3v) is 3.74. The van der Waals surface area contributed by atoms with E-state index in [2.05, 4.69) is 10.4 Å². The van der Waals surface area contributed by atoms with Crippen LogP contribution in [0.1, 0.15) is 26.7 Å². The van der Waals surface area contributed by atoms with Crippen LogP contribution in [0.4, 0.5) is 18.9 Å². The molecule has 1 aromatic heterocycles. The van der Waals surface area contributed by atoms with Crippen LogP contribution in [-0.4, -0.2) is 33.2 Å². The van der Waals surface area contributed by atoms with Crippen molar-refractivity contribution < 1.29 is 18.3 Å². The Morgan fingerprint density at radius 1 is 1.38 bits per heavy atom. The molecule has 0 aliphatic carbocycles. The molecular formula is C12H17ClF3N3O2. The molecule has 0 saturated heterocycles. The van der Waals surface area contributed by atoms with Crippen molar-refractivity contribution in [3.05, 3.63) is 21.6 Å². The lowest BCUT2D eigenvalue weighted by atomic mass is 9.93. The van der Waals surface area contributed by atoms with Crippen LogP contribution in [0, 0.1) is 0 Å². The van der Waals surface area contributed by atoms with Gasteiger partial charge in [0.2, 0.25) is 0 Å². The van der Waals surface area contributed by atoms with Crippen molar-refractivity contribution in [2.24, 2.45) is 0 Å². The minimum absolute atomic E-state index is 0.109. The van der Waals surface area contributed by atoms with E-state index in [0.29, 0.717) is 12.8 Å². The Labute approximate surface area is 124 Å². The molecule has 0 aromatic carbocycles. The molecule has 9 heteroatoms. The molecule has 0 unspecified atom stereocenters. The summed E-state index contributed by atoms with van der Waals surface area (Å²) in [5.41, 5.74) is -1.62. The number of aromatic nitrogens is 2. The van der Waals surface area contributed by atoms with Gasteiger partial charge in [-0.2, -0.15) is 18.3 Å². The number of hydrogen-bond acceptors (Lipinski definition) is 4. The van der Waals surface area contributed by atoms with Crippen LogP contribution in [0.15, 0.2) is 11.0 Å². The minimum atomic E-state index is -4.56. The highest BCUT2D eigenvalue weighted by atomic mass is 35.5. The quantitative estimate of drug-likeness (QED) is 0.842. The van der Waals surface area contributed by atoms with Crippen molar-refractivity contribution in [3.8, 4) is 0 Å². The smallest absolute Gasteiger partial charge is 0.394 e. The third-order valence-electron chi connectivity index (χ3n) is 3.37. The monoisotopic (exact) mass is 327 g/mol. The van der Waals surface area contributed by atoms with Gasteiger partial charge >= 0.3 is 6.18 Å². The molecule has 0 amide bonds. The topological polar surface area (TPSA) is 67.2 Å². The van der Waals surface area contributed by atoms with Crippen molar-refractivity contribution >= 4 is 17.3 Å². The summed E-state index contributed by atoms with van der Waals surface area (Å²) in [6, 6.07) is 0. The standard InChI is InChI=1S/C12H17ClF3N3O2/c1-3-11(4-2,7-20)18-8-5-17-19(6-12(14,15)16)10(21)9(8)13/h5,18,20H,3-4,6-7H2,1-2H3. The van der Waals surface area contributed by atoms with E-state index in [1.54, 1.807) is 0 Å². The molecule has 0 aliphatic heterocycles. The van der Waals surface area contributed by atoms with Gasteiger partial charge in [0.1, 0.15) is 11.6 Å². The molecule has 0 bridgehead atoms. The van der Waals surface area contributed by atoms with E-state index in [0.717, 1.165) is 6.20 Å². The largest absolute Gasteiger partial charge is 0.408 e. The van der Waals surface area contributed by atoms with Crippen LogP contribution in [-0.2, 0) is 6.54 Å². The maximum atomic E-state index is 12.3. The Kier molecular flexibility index (Phi) is 5.63. The summed E-state index contributed by atoms with van der Waals surface area (Å²) in [4.78, 5) is 11.8. The maximum Gasteiger partial charge on any atom is 0.408 e. The summed E-state index contributed by atoms with van der Waals surface area (Å²) < 4.78 is 37.1. The predicted octanol–water partition coefficient (Wildman–Crippen LogP) is 2.42. The minimum Gasteiger partial charge on any atom is -0.394 e. The van der Waals surface area contributed by atoms with Crippen LogP contribution in [0.2, 0.25) is 5.02 Å². The van der Waals surface area contributed by atoms with Gasteiger partial charge in [-0.1, -0.05) is 25.4 Å². The number of alkyl halides is 3. The van der Waals surface area contributed by atoms with Crippen molar-refractivity contribution in [2.75, 3.05) is 11.9 Å². The van der Waals surface area contributed by atoms with E-state index in [4.69, 9.17) is 11.6 Å². The molecular weight excluding hydrogens is 311 g/mol. The fraction of sp³-hybridized carbons (Fsp3) is 0.667. The Morgan fingerprint density at radius 3 is 2.38 bits per heavy atom. The number of rotatable bonds is 6. The van der Waals surface area contributed by atoms with E-state index in [-0.39, 0.29) is 22.0 Å². The van der Waals surface area contributed by atoms with Crippen molar-refractivity contribution in [1.82, 2.24) is 9.78 Å². The summed E-state index contributed by atoms with van der Waals surface area (Å²) >= 11 is 5.82. The molecule has 5 nitrogen and oxygen atoms in total. The highest BCUT2D eigenvalue weighted by molar-refractivity contribution is 6.32. The Bertz CT molecular complexity index is 533. The summed E-state index contributed by atoms with van der Waals surface area (Å²) in [7, 11) is 0. The molecule has 0 atom stereocenters. The molecule has 1 aromatic rings. The summed E-state index contributed by atoms with van der Waals surface area (Å²) in [5.74, 6) is 0. The first kappa shape index (κ1) is 17.8. The first-order valence-electron chi connectivity index (χ1n) is 6.39. The number of anilines is 1. The second-order valence-electron chi connectivity index (χ2n) is 4.72. The van der Waals surface area contributed by atoms with Crippen LogP contribution in [0.5, 0.6) is 0 Å². The summed E-state index contributed by atoms with van der Waals surface area (Å²) in [6.45, 7) is 1.96. The zero-order chi connectivity index (χ0) is 16.3. The van der Waals surface area contributed by atoms with Crippen molar-refractivity contribution in [1.29, 1.82) is 0 Å². The second kappa shape index (κ2) is 6.65. The first-order valence-corrected chi connectivity index (χ1v) is 6.77. The van der Waals surface area contributed by atoms with E-state index in [1.165, 1.54) is 0 Å². The highest BCUT2D eigenvalue weighted by Crippen LogP contribution is 2.25. The fourth-order valence-corrected chi connectivity index (χ4v) is 2.00. The van der Waals surface area contributed by atoms with E-state index >= 15 is 0 Å². The van der Waals surface area contributed by atoms with Crippen LogP contribution < -0.4 is 10.9 Å². The maximum absolute atomic E-state index is 12.3. The first-order chi connectivity index (χ1) is 9.68. The molecule has 120 valence electrons. The number of nitrogens with zero attached hydrogens (tertiary/aromatic N) is 2. The van der Waals surface area contributed by atoms with Gasteiger partial charge in [0, 0.05) is 0 Å². The average molecular weight is 328 g/mol. The van der Waals surface area contributed by atoms with Gasteiger partial charge in [-0.05, 0) is 12.8 Å². The lowest BCUT2D eigenvalue weighted by molar-refractivity contribution is -0.143. The van der Waals surface area contributed by atoms with Gasteiger partial charge in [-0.15, -0.1) is 0 Å². The SMILES string of the molecule is CCC(CC)(CO)Nc1cnn(CC(F)(F)F)c(=O)c1Cl. The molecule has 1 heterocycles. The van der Waals surface area contributed by atoms with Gasteiger partial charge in [0.05, 0.1) is 24.0 Å². The van der Waals surface area contributed by atoms with E-state index < -0.39 is 23.8 Å². The van der Waals surface area contributed by atoms with E-state index in [9.17, 15) is 23.1 Å². The molecule has 0 aliphatic rings. The fourth-order valence-electron chi connectivity index (χ4n) is 1.81. The number of nitrogens with one attached hydrogen (secondary N) is 1. The average Bonchev–Trinajstić information content (AvgIpc) is 2.43. The third kappa shape index (κ3) is 4.34. The van der Waals surface area contributed by atoms with Gasteiger partial charge < -0.3 is 10.4 Å². The van der Waals surface area contributed by atoms with Crippen LogP contribution >= 0.6 is 11.6 Å². The molecule has 1 rings (SSSR count). The number of halogens is 4. The van der Waals surface area contributed by atoms with Gasteiger partial charge in [0.25, 0.3) is 5.56 Å². The second-order valence-corrected chi connectivity index (χ2v) is 5.10.